The molecule has 3 rings (SSSR count). The largest absolute Gasteiger partial charge is 0.366 e. The molecule has 0 radical (unpaired) electrons. The van der Waals surface area contributed by atoms with Gasteiger partial charge in [-0.2, -0.15) is 10.2 Å². The summed E-state index contributed by atoms with van der Waals surface area (Å²) in [6.07, 6.45) is 6.60. The van der Waals surface area contributed by atoms with Crippen molar-refractivity contribution in [3.8, 4) is 0 Å². The molecule has 1 saturated heterocycles. The van der Waals surface area contributed by atoms with E-state index in [1.165, 1.54) is 0 Å². The molecule has 1 amide bonds. The Morgan fingerprint density at radius 1 is 1.50 bits per heavy atom. The van der Waals surface area contributed by atoms with Crippen molar-refractivity contribution in [3.63, 3.8) is 0 Å². The molecular weight excluding hydrogens is 308 g/mol. The van der Waals surface area contributed by atoms with Gasteiger partial charge < -0.3 is 9.64 Å². The molecule has 1 N–H and O–H groups in total. The lowest BCUT2D eigenvalue weighted by molar-refractivity contribution is -0.139. The number of aryl methyl sites for hydroxylation is 2. The highest BCUT2D eigenvalue weighted by molar-refractivity contribution is 5.76. The molecule has 1 atom stereocenters. The van der Waals surface area contributed by atoms with Crippen molar-refractivity contribution >= 4 is 5.91 Å². The van der Waals surface area contributed by atoms with Gasteiger partial charge in [-0.05, 0) is 18.9 Å². The number of ether oxygens (including phenoxy) is 1. The van der Waals surface area contributed by atoms with Crippen LogP contribution >= 0.6 is 0 Å². The zero-order chi connectivity index (χ0) is 16.8. The molecule has 3 heterocycles. The Hall–Kier alpha value is -2.22. The van der Waals surface area contributed by atoms with E-state index in [1.54, 1.807) is 6.20 Å². The maximum Gasteiger partial charge on any atom is 0.222 e. The lowest BCUT2D eigenvalue weighted by atomic mass is 10.2. The number of hydrogen-bond donors (Lipinski definition) is 1. The van der Waals surface area contributed by atoms with Gasteiger partial charge in [0.15, 0.2) is 5.82 Å². The number of rotatable bonds is 7. The fourth-order valence-corrected chi connectivity index (χ4v) is 2.82. The van der Waals surface area contributed by atoms with Crippen LogP contribution in [0.15, 0.2) is 18.5 Å². The van der Waals surface area contributed by atoms with E-state index in [2.05, 4.69) is 27.2 Å². The molecule has 0 bridgehead atoms. The second-order valence-corrected chi connectivity index (χ2v) is 5.96. The lowest BCUT2D eigenvalue weighted by Crippen LogP contribution is -2.42. The first-order valence-corrected chi connectivity index (χ1v) is 8.54. The van der Waals surface area contributed by atoms with Crippen molar-refractivity contribution in [2.75, 3.05) is 19.7 Å². The predicted octanol–water partition coefficient (Wildman–Crippen LogP) is 1.33. The Bertz CT molecular complexity index is 639. The lowest BCUT2D eigenvalue weighted by Gasteiger charge is -2.31. The summed E-state index contributed by atoms with van der Waals surface area (Å²) in [5, 5.41) is 11.3. The molecular formula is C16H24N6O2. The van der Waals surface area contributed by atoms with Gasteiger partial charge in [-0.3, -0.25) is 14.6 Å². The Labute approximate surface area is 141 Å². The minimum atomic E-state index is -0.240. The number of morpholine rings is 1. The zero-order valence-electron chi connectivity index (χ0n) is 14.0. The number of aromatic nitrogens is 5. The smallest absolute Gasteiger partial charge is 0.222 e. The first-order chi connectivity index (χ1) is 11.8. The third-order valence-electron chi connectivity index (χ3n) is 4.08. The molecule has 0 unspecified atom stereocenters. The van der Waals surface area contributed by atoms with E-state index in [9.17, 15) is 4.79 Å². The third kappa shape index (κ3) is 4.19. The number of nitrogens with zero attached hydrogens (tertiary/aromatic N) is 5. The van der Waals surface area contributed by atoms with E-state index in [1.807, 2.05) is 21.8 Å². The molecule has 130 valence electrons. The topological polar surface area (TPSA) is 88.9 Å². The highest BCUT2D eigenvalue weighted by Gasteiger charge is 2.27. The molecule has 8 nitrogen and oxygen atoms in total. The Balaban J connectivity index is 1.49. The Kier molecular flexibility index (Phi) is 5.58. The molecule has 0 saturated carbocycles. The maximum absolute atomic E-state index is 12.4. The van der Waals surface area contributed by atoms with Crippen molar-refractivity contribution < 1.29 is 9.53 Å². The van der Waals surface area contributed by atoms with Crippen LogP contribution in [0, 0.1) is 0 Å². The van der Waals surface area contributed by atoms with Crippen molar-refractivity contribution in [2.45, 2.75) is 45.3 Å². The van der Waals surface area contributed by atoms with E-state index in [4.69, 9.17) is 4.74 Å². The van der Waals surface area contributed by atoms with E-state index in [0.29, 0.717) is 31.9 Å². The second kappa shape index (κ2) is 8.05. The van der Waals surface area contributed by atoms with Gasteiger partial charge in [-0.1, -0.05) is 6.92 Å². The van der Waals surface area contributed by atoms with E-state index in [0.717, 1.165) is 31.6 Å². The molecule has 8 heteroatoms. The monoisotopic (exact) mass is 332 g/mol. The number of amides is 1. The van der Waals surface area contributed by atoms with Crippen molar-refractivity contribution in [2.24, 2.45) is 0 Å². The number of nitrogens with one attached hydrogen (secondary N) is 1. The fourth-order valence-electron chi connectivity index (χ4n) is 2.82. The molecule has 1 aliphatic rings. The number of carbonyl (C=O) groups is 1. The van der Waals surface area contributed by atoms with Crippen LogP contribution in [-0.2, 0) is 22.5 Å². The quantitative estimate of drug-likeness (QED) is 0.826. The summed E-state index contributed by atoms with van der Waals surface area (Å²) in [6, 6.07) is 1.89. The van der Waals surface area contributed by atoms with E-state index in [-0.39, 0.29) is 12.0 Å². The van der Waals surface area contributed by atoms with Gasteiger partial charge in [0.1, 0.15) is 11.9 Å². The summed E-state index contributed by atoms with van der Waals surface area (Å²) in [5.41, 5.74) is 0. The highest BCUT2D eigenvalue weighted by atomic mass is 16.5. The summed E-state index contributed by atoms with van der Waals surface area (Å²) < 4.78 is 7.59. The molecule has 0 spiro atoms. The van der Waals surface area contributed by atoms with Gasteiger partial charge in [-0.15, -0.1) is 0 Å². The second-order valence-electron chi connectivity index (χ2n) is 5.96. The first kappa shape index (κ1) is 16.6. The summed E-state index contributed by atoms with van der Waals surface area (Å²) in [6.45, 7) is 4.53. The fraction of sp³-hybridized carbons (Fsp3) is 0.625. The van der Waals surface area contributed by atoms with Crippen LogP contribution in [0.25, 0.3) is 0 Å². The summed E-state index contributed by atoms with van der Waals surface area (Å²) in [7, 11) is 0. The van der Waals surface area contributed by atoms with Gasteiger partial charge in [0.2, 0.25) is 5.91 Å². The van der Waals surface area contributed by atoms with Crippen LogP contribution in [0.3, 0.4) is 0 Å². The van der Waals surface area contributed by atoms with Gasteiger partial charge in [0.25, 0.3) is 0 Å². The average Bonchev–Trinajstić information content (AvgIpc) is 3.27. The van der Waals surface area contributed by atoms with Crippen molar-refractivity contribution in [3.05, 3.63) is 30.1 Å². The van der Waals surface area contributed by atoms with E-state index >= 15 is 0 Å². The normalized spacial score (nSPS) is 18.0. The third-order valence-corrected chi connectivity index (χ3v) is 4.08. The summed E-state index contributed by atoms with van der Waals surface area (Å²) in [4.78, 5) is 18.7. The van der Waals surface area contributed by atoms with Gasteiger partial charge >= 0.3 is 0 Å². The van der Waals surface area contributed by atoms with Crippen LogP contribution in [0.5, 0.6) is 0 Å². The highest BCUT2D eigenvalue weighted by Crippen LogP contribution is 2.20. The maximum atomic E-state index is 12.4. The van der Waals surface area contributed by atoms with Crippen LogP contribution in [0.4, 0.5) is 0 Å². The molecule has 1 aliphatic heterocycles. The predicted molar refractivity (Wildman–Crippen MR) is 87.1 cm³/mol. The van der Waals surface area contributed by atoms with Gasteiger partial charge in [0, 0.05) is 38.3 Å². The number of hydrogen-bond acceptors (Lipinski definition) is 5. The zero-order valence-corrected chi connectivity index (χ0v) is 14.0. The van der Waals surface area contributed by atoms with Crippen LogP contribution < -0.4 is 0 Å². The van der Waals surface area contributed by atoms with Crippen LogP contribution in [0.2, 0.25) is 0 Å². The minimum absolute atomic E-state index is 0.153. The number of aromatic amines is 1. The SMILES string of the molecule is CCCc1nc([C@@H]2CN(C(=O)CCCn3cccn3)CCO2)n[nH]1. The molecule has 24 heavy (non-hydrogen) atoms. The average molecular weight is 332 g/mol. The van der Waals surface area contributed by atoms with E-state index < -0.39 is 0 Å². The Morgan fingerprint density at radius 3 is 3.21 bits per heavy atom. The Morgan fingerprint density at radius 2 is 2.42 bits per heavy atom. The standard InChI is InChI=1S/C16H24N6O2/c1-2-5-14-18-16(20-19-14)13-12-21(10-11-24-13)15(23)6-3-8-22-9-4-7-17-22/h4,7,9,13H,2-3,5-6,8,10-12H2,1H3,(H,18,19,20)/t13-/m0/s1. The van der Waals surface area contributed by atoms with Crippen LogP contribution in [-0.4, -0.2) is 55.5 Å². The molecule has 1 fully saturated rings. The van der Waals surface area contributed by atoms with Crippen molar-refractivity contribution in [1.82, 2.24) is 29.9 Å². The minimum Gasteiger partial charge on any atom is -0.366 e. The summed E-state index contributed by atoms with van der Waals surface area (Å²) >= 11 is 0. The molecule has 2 aromatic heterocycles. The number of carbonyl (C=O) groups excluding carboxylic acids is 1. The van der Waals surface area contributed by atoms with Crippen LogP contribution in [0.1, 0.15) is 43.9 Å². The molecule has 0 aromatic carbocycles. The van der Waals surface area contributed by atoms with Crippen molar-refractivity contribution in [1.29, 1.82) is 0 Å². The first-order valence-electron chi connectivity index (χ1n) is 8.54. The number of H-pyrrole nitrogens is 1. The van der Waals surface area contributed by atoms with Gasteiger partial charge in [-0.25, -0.2) is 4.98 Å². The molecule has 2 aromatic rings. The molecule has 0 aliphatic carbocycles. The van der Waals surface area contributed by atoms with Gasteiger partial charge in [0.05, 0.1) is 13.2 Å². The summed E-state index contributed by atoms with van der Waals surface area (Å²) in [5.74, 6) is 1.67.